The largest absolute Gasteiger partial charge is 0.309 e. The number of rotatable bonds is 5. The van der Waals surface area contributed by atoms with Crippen LogP contribution in [-0.4, -0.2) is 38.3 Å². The molecule has 0 aromatic heterocycles. The van der Waals surface area contributed by atoms with Crippen LogP contribution in [0.4, 0.5) is 0 Å². The third-order valence-electron chi connectivity index (χ3n) is 2.12. The Labute approximate surface area is 88.0 Å². The highest BCUT2D eigenvalue weighted by molar-refractivity contribution is 6.03. The molecule has 0 fully saturated rings. The van der Waals surface area contributed by atoms with Gasteiger partial charge in [-0.1, -0.05) is 18.2 Å². The minimum Gasteiger partial charge on any atom is -0.309 e. The van der Waals surface area contributed by atoms with Crippen molar-refractivity contribution in [3.63, 3.8) is 0 Å². The number of allylic oxidation sites excluding steroid dienone is 3. The van der Waals surface area contributed by atoms with Crippen LogP contribution in [0.15, 0.2) is 28.8 Å². The summed E-state index contributed by atoms with van der Waals surface area (Å²) >= 11 is 0. The topological polar surface area (TPSA) is 15.6 Å². The first-order valence-corrected chi connectivity index (χ1v) is 4.93. The highest BCUT2D eigenvalue weighted by atomic mass is 15.0. The molecule has 0 aliphatic carbocycles. The Morgan fingerprint density at radius 2 is 1.93 bits per heavy atom. The zero-order valence-electron chi connectivity index (χ0n) is 10.1. The molecule has 80 valence electrons. The Hall–Kier alpha value is -0.890. The van der Waals surface area contributed by atoms with E-state index in [1.54, 1.807) is 0 Å². The van der Waals surface area contributed by atoms with Crippen molar-refractivity contribution in [3.8, 4) is 0 Å². The Kier molecular flexibility index (Phi) is 6.13. The summed E-state index contributed by atoms with van der Waals surface area (Å²) in [5, 5.41) is 0. The van der Waals surface area contributed by atoms with Gasteiger partial charge < -0.3 is 4.90 Å². The van der Waals surface area contributed by atoms with Gasteiger partial charge in [0.25, 0.3) is 0 Å². The maximum atomic E-state index is 4.31. The van der Waals surface area contributed by atoms with Gasteiger partial charge in [0.1, 0.15) is 0 Å². The standard InChI is InChI=1S/C12H22N2/c1-7-11(10(2)3)12(13-4)8-9-14(5)6/h7H,1,8-9H2,2-6H3/b13-12-. The number of nitrogens with zero attached hydrogens (tertiary/aromatic N) is 2. The molecule has 14 heavy (non-hydrogen) atoms. The lowest BCUT2D eigenvalue weighted by molar-refractivity contribution is 0.422. The van der Waals surface area contributed by atoms with Gasteiger partial charge in [-0.2, -0.15) is 0 Å². The molecule has 0 aromatic rings. The first-order chi connectivity index (χ1) is 6.52. The molecule has 0 spiro atoms. The third kappa shape index (κ3) is 4.38. The van der Waals surface area contributed by atoms with E-state index in [2.05, 4.69) is 44.4 Å². The van der Waals surface area contributed by atoms with Gasteiger partial charge in [-0.15, -0.1) is 0 Å². The van der Waals surface area contributed by atoms with Gasteiger partial charge >= 0.3 is 0 Å². The lowest BCUT2D eigenvalue weighted by atomic mass is 10.0. The van der Waals surface area contributed by atoms with Gasteiger partial charge in [0.15, 0.2) is 0 Å². The molecule has 0 N–H and O–H groups in total. The van der Waals surface area contributed by atoms with Crippen LogP contribution in [0.1, 0.15) is 20.3 Å². The molecule has 0 bridgehead atoms. The van der Waals surface area contributed by atoms with E-state index in [9.17, 15) is 0 Å². The van der Waals surface area contributed by atoms with E-state index in [-0.39, 0.29) is 0 Å². The predicted molar refractivity (Wildman–Crippen MR) is 65.1 cm³/mol. The van der Waals surface area contributed by atoms with E-state index < -0.39 is 0 Å². The average Bonchev–Trinajstić information content (AvgIpc) is 2.10. The second-order valence-electron chi connectivity index (χ2n) is 3.84. The lowest BCUT2D eigenvalue weighted by Crippen LogP contribution is -2.17. The maximum absolute atomic E-state index is 4.31. The van der Waals surface area contributed by atoms with Crippen molar-refractivity contribution in [1.29, 1.82) is 0 Å². The third-order valence-corrected chi connectivity index (χ3v) is 2.12. The van der Waals surface area contributed by atoms with E-state index in [1.807, 2.05) is 13.1 Å². The van der Waals surface area contributed by atoms with Crippen LogP contribution in [-0.2, 0) is 0 Å². The molecule has 0 aliphatic heterocycles. The molecule has 0 saturated carbocycles. The van der Waals surface area contributed by atoms with Crippen LogP contribution >= 0.6 is 0 Å². The van der Waals surface area contributed by atoms with E-state index in [4.69, 9.17) is 0 Å². The van der Waals surface area contributed by atoms with Gasteiger partial charge in [0.05, 0.1) is 0 Å². The molecular formula is C12H22N2. The molecule has 0 rings (SSSR count). The average molecular weight is 194 g/mol. The summed E-state index contributed by atoms with van der Waals surface area (Å²) in [5.74, 6) is 0. The molecule has 0 saturated heterocycles. The molecular weight excluding hydrogens is 172 g/mol. The fourth-order valence-electron chi connectivity index (χ4n) is 1.31. The van der Waals surface area contributed by atoms with Gasteiger partial charge in [0.2, 0.25) is 0 Å². The smallest absolute Gasteiger partial charge is 0.0428 e. The van der Waals surface area contributed by atoms with E-state index in [0.29, 0.717) is 0 Å². The molecule has 0 radical (unpaired) electrons. The summed E-state index contributed by atoms with van der Waals surface area (Å²) < 4.78 is 0. The summed E-state index contributed by atoms with van der Waals surface area (Å²) in [6, 6.07) is 0. The van der Waals surface area contributed by atoms with E-state index in [0.717, 1.165) is 18.7 Å². The maximum Gasteiger partial charge on any atom is 0.0428 e. The summed E-state index contributed by atoms with van der Waals surface area (Å²) in [6.45, 7) is 9.04. The molecule has 0 amide bonds. The fraction of sp³-hybridized carbons (Fsp3) is 0.583. The molecule has 0 aliphatic rings. The van der Waals surface area contributed by atoms with Crippen molar-refractivity contribution in [1.82, 2.24) is 4.90 Å². The van der Waals surface area contributed by atoms with Crippen LogP contribution in [0.3, 0.4) is 0 Å². The van der Waals surface area contributed by atoms with Crippen molar-refractivity contribution < 1.29 is 0 Å². The van der Waals surface area contributed by atoms with Crippen molar-refractivity contribution in [2.75, 3.05) is 27.7 Å². The Balaban J connectivity index is 4.58. The van der Waals surface area contributed by atoms with Crippen LogP contribution in [0.2, 0.25) is 0 Å². The summed E-state index contributed by atoms with van der Waals surface area (Å²) in [5.41, 5.74) is 3.61. The molecule has 0 atom stereocenters. The summed E-state index contributed by atoms with van der Waals surface area (Å²) in [6.07, 6.45) is 2.88. The number of hydrogen-bond donors (Lipinski definition) is 0. The van der Waals surface area contributed by atoms with Crippen LogP contribution in [0.5, 0.6) is 0 Å². The normalized spacial score (nSPS) is 11.7. The second-order valence-corrected chi connectivity index (χ2v) is 3.84. The zero-order chi connectivity index (χ0) is 11.1. The molecule has 0 aromatic carbocycles. The van der Waals surface area contributed by atoms with E-state index in [1.165, 1.54) is 11.1 Å². The van der Waals surface area contributed by atoms with Crippen molar-refractivity contribution in [3.05, 3.63) is 23.8 Å². The Morgan fingerprint density at radius 1 is 1.36 bits per heavy atom. The Morgan fingerprint density at radius 3 is 2.21 bits per heavy atom. The monoisotopic (exact) mass is 194 g/mol. The van der Waals surface area contributed by atoms with Crippen LogP contribution in [0, 0.1) is 0 Å². The quantitative estimate of drug-likeness (QED) is 0.485. The lowest BCUT2D eigenvalue weighted by Gasteiger charge is -2.12. The van der Waals surface area contributed by atoms with Crippen molar-refractivity contribution in [2.45, 2.75) is 20.3 Å². The number of hydrogen-bond acceptors (Lipinski definition) is 2. The molecule has 2 nitrogen and oxygen atoms in total. The van der Waals surface area contributed by atoms with Gasteiger partial charge in [-0.05, 0) is 33.5 Å². The number of aliphatic imine (C=N–C) groups is 1. The minimum atomic E-state index is 0.982. The molecule has 0 heterocycles. The van der Waals surface area contributed by atoms with Crippen molar-refractivity contribution in [2.24, 2.45) is 4.99 Å². The Bertz CT molecular complexity index is 243. The zero-order valence-corrected chi connectivity index (χ0v) is 10.1. The SMILES string of the molecule is C=CC(=C(C)C)/C(CCN(C)C)=N\C. The van der Waals surface area contributed by atoms with E-state index >= 15 is 0 Å². The van der Waals surface area contributed by atoms with Gasteiger partial charge in [-0.25, -0.2) is 0 Å². The fourth-order valence-corrected chi connectivity index (χ4v) is 1.31. The van der Waals surface area contributed by atoms with Gasteiger partial charge in [0, 0.05) is 25.7 Å². The van der Waals surface area contributed by atoms with Crippen LogP contribution in [0.25, 0.3) is 0 Å². The predicted octanol–water partition coefficient (Wildman–Crippen LogP) is 2.53. The first kappa shape index (κ1) is 13.1. The molecule has 2 heteroatoms. The summed E-state index contributed by atoms with van der Waals surface area (Å²) in [7, 11) is 5.99. The van der Waals surface area contributed by atoms with Gasteiger partial charge in [-0.3, -0.25) is 4.99 Å². The first-order valence-electron chi connectivity index (χ1n) is 4.93. The summed E-state index contributed by atoms with van der Waals surface area (Å²) in [4.78, 5) is 6.48. The second kappa shape index (κ2) is 6.55. The highest BCUT2D eigenvalue weighted by Crippen LogP contribution is 2.10. The molecule has 0 unspecified atom stereocenters. The van der Waals surface area contributed by atoms with Crippen molar-refractivity contribution >= 4 is 5.71 Å². The minimum absolute atomic E-state index is 0.982. The highest BCUT2D eigenvalue weighted by Gasteiger charge is 2.05. The van der Waals surface area contributed by atoms with Crippen LogP contribution < -0.4 is 0 Å².